The van der Waals surface area contributed by atoms with Crippen LogP contribution in [-0.4, -0.2) is 37.5 Å². The average Bonchev–Trinajstić information content (AvgIpc) is 2.68. The molecule has 1 saturated carbocycles. The molecule has 0 aliphatic heterocycles. The van der Waals surface area contributed by atoms with Gasteiger partial charge in [0.25, 0.3) is 0 Å². The van der Waals surface area contributed by atoms with Crippen LogP contribution in [0.15, 0.2) is 0 Å². The van der Waals surface area contributed by atoms with Crippen molar-refractivity contribution in [3.8, 4) is 0 Å². The van der Waals surface area contributed by atoms with Gasteiger partial charge in [-0.15, -0.1) is 12.4 Å². The quantitative estimate of drug-likeness (QED) is 0.489. The van der Waals surface area contributed by atoms with Gasteiger partial charge < -0.3 is 16.0 Å². The minimum atomic E-state index is -0.120. The molecule has 0 aromatic heterocycles. The Balaban J connectivity index is 0.00000484. The second-order valence-corrected chi connectivity index (χ2v) is 7.51. The van der Waals surface area contributed by atoms with E-state index in [0.29, 0.717) is 19.0 Å². The first-order valence-corrected chi connectivity index (χ1v) is 8.63. The van der Waals surface area contributed by atoms with Crippen LogP contribution in [0, 0.1) is 5.41 Å². The molecular weight excluding hydrogens is 314 g/mol. The molecule has 0 saturated heterocycles. The molecule has 0 aromatic carbocycles. The Morgan fingerprint density at radius 3 is 2.09 bits per heavy atom. The number of rotatable bonds is 7. The van der Waals surface area contributed by atoms with Crippen LogP contribution in [0.2, 0.25) is 0 Å². The lowest BCUT2D eigenvalue weighted by Gasteiger charge is -2.17. The first kappa shape index (κ1) is 22.2. The van der Waals surface area contributed by atoms with Crippen molar-refractivity contribution in [1.29, 1.82) is 0 Å². The lowest BCUT2D eigenvalue weighted by atomic mass is 9.92. The Morgan fingerprint density at radius 2 is 1.52 bits per heavy atom. The van der Waals surface area contributed by atoms with Crippen LogP contribution in [0.3, 0.4) is 0 Å². The van der Waals surface area contributed by atoms with Gasteiger partial charge in [0.15, 0.2) is 0 Å². The second kappa shape index (κ2) is 11.7. The predicted octanol–water partition coefficient (Wildman–Crippen LogP) is 2.39. The maximum atomic E-state index is 11.7. The first-order chi connectivity index (χ1) is 10.4. The van der Waals surface area contributed by atoms with E-state index in [-0.39, 0.29) is 36.2 Å². The number of amides is 2. The van der Waals surface area contributed by atoms with E-state index in [1.807, 2.05) is 20.8 Å². The summed E-state index contributed by atoms with van der Waals surface area (Å²) < 4.78 is 0. The zero-order valence-corrected chi connectivity index (χ0v) is 15.7. The van der Waals surface area contributed by atoms with E-state index in [9.17, 15) is 9.59 Å². The molecule has 0 heterocycles. The Bertz CT molecular complexity index is 348. The van der Waals surface area contributed by atoms with E-state index in [4.69, 9.17) is 0 Å². The molecular formula is C17H34ClN3O2. The molecule has 3 N–H and O–H groups in total. The lowest BCUT2D eigenvalue weighted by Crippen LogP contribution is -2.41. The summed E-state index contributed by atoms with van der Waals surface area (Å²) in [4.78, 5) is 23.3. The summed E-state index contributed by atoms with van der Waals surface area (Å²) in [5.41, 5.74) is -0.0524. The molecule has 1 aliphatic rings. The van der Waals surface area contributed by atoms with Gasteiger partial charge in [-0.2, -0.15) is 0 Å². The van der Waals surface area contributed by atoms with E-state index < -0.39 is 0 Å². The van der Waals surface area contributed by atoms with Gasteiger partial charge in [-0.05, 0) is 18.3 Å². The number of nitrogens with one attached hydrogen (secondary N) is 3. The maximum absolute atomic E-state index is 11.7. The number of hydrogen-bond acceptors (Lipinski definition) is 3. The van der Waals surface area contributed by atoms with E-state index in [1.165, 1.54) is 38.5 Å². The predicted molar refractivity (Wildman–Crippen MR) is 96.8 cm³/mol. The Hall–Kier alpha value is -0.810. The zero-order chi connectivity index (χ0) is 16.4. The molecule has 5 nitrogen and oxygen atoms in total. The third kappa shape index (κ3) is 12.3. The minimum Gasteiger partial charge on any atom is -0.353 e. The zero-order valence-electron chi connectivity index (χ0n) is 14.9. The molecule has 23 heavy (non-hydrogen) atoms. The Morgan fingerprint density at radius 1 is 0.913 bits per heavy atom. The fourth-order valence-corrected chi connectivity index (χ4v) is 2.75. The van der Waals surface area contributed by atoms with Gasteiger partial charge in [0.2, 0.25) is 11.8 Å². The highest BCUT2D eigenvalue weighted by molar-refractivity contribution is 5.85. The van der Waals surface area contributed by atoms with Crippen LogP contribution in [0.5, 0.6) is 0 Å². The van der Waals surface area contributed by atoms with Crippen molar-refractivity contribution in [2.75, 3.05) is 19.6 Å². The third-order valence-corrected chi connectivity index (χ3v) is 3.87. The molecule has 136 valence electrons. The molecule has 0 unspecified atom stereocenters. The molecule has 1 fully saturated rings. The van der Waals surface area contributed by atoms with Gasteiger partial charge in [0, 0.05) is 25.6 Å². The van der Waals surface area contributed by atoms with Gasteiger partial charge >= 0.3 is 0 Å². The van der Waals surface area contributed by atoms with Gasteiger partial charge in [-0.1, -0.05) is 46.5 Å². The second-order valence-electron chi connectivity index (χ2n) is 7.51. The standard InChI is InChI=1S/C17H33N3O2.ClH/c1-17(2,3)12-15(21)20-13-16(22)19-11-10-18-14-8-6-4-5-7-9-14;/h14,18H,4-13H2,1-3H3,(H,19,22)(H,20,21);1H. The summed E-state index contributed by atoms with van der Waals surface area (Å²) in [6, 6.07) is 0.603. The molecule has 2 amide bonds. The van der Waals surface area contributed by atoms with Crippen LogP contribution >= 0.6 is 12.4 Å². The number of hydrogen-bond donors (Lipinski definition) is 3. The van der Waals surface area contributed by atoms with Gasteiger partial charge in [-0.25, -0.2) is 0 Å². The molecule has 0 atom stereocenters. The maximum Gasteiger partial charge on any atom is 0.239 e. The largest absolute Gasteiger partial charge is 0.353 e. The van der Waals surface area contributed by atoms with Crippen molar-refractivity contribution >= 4 is 24.2 Å². The highest BCUT2D eigenvalue weighted by Crippen LogP contribution is 2.17. The SMILES string of the molecule is CC(C)(C)CC(=O)NCC(=O)NCCNC1CCCCCC1.Cl. The molecule has 1 aliphatic carbocycles. The van der Waals surface area contributed by atoms with Crippen LogP contribution in [0.25, 0.3) is 0 Å². The van der Waals surface area contributed by atoms with Crippen molar-refractivity contribution in [1.82, 2.24) is 16.0 Å². The summed E-state index contributed by atoms with van der Waals surface area (Å²) in [5.74, 6) is -0.191. The highest BCUT2D eigenvalue weighted by atomic mass is 35.5. The molecule has 6 heteroatoms. The van der Waals surface area contributed by atoms with Crippen molar-refractivity contribution in [3.63, 3.8) is 0 Å². The number of carbonyl (C=O) groups is 2. The molecule has 0 spiro atoms. The first-order valence-electron chi connectivity index (χ1n) is 8.63. The Kier molecular flexibility index (Phi) is 11.3. The minimum absolute atomic E-state index is 0. The summed E-state index contributed by atoms with van der Waals surface area (Å²) in [5, 5.41) is 9.02. The molecule has 0 radical (unpaired) electrons. The van der Waals surface area contributed by atoms with Crippen LogP contribution in [0.1, 0.15) is 65.7 Å². The monoisotopic (exact) mass is 347 g/mol. The van der Waals surface area contributed by atoms with Crippen LogP contribution in [0.4, 0.5) is 0 Å². The van der Waals surface area contributed by atoms with Crippen LogP contribution in [-0.2, 0) is 9.59 Å². The fraction of sp³-hybridized carbons (Fsp3) is 0.882. The topological polar surface area (TPSA) is 70.2 Å². The normalized spacial score (nSPS) is 16.1. The Labute approximate surface area is 147 Å². The number of halogens is 1. The van der Waals surface area contributed by atoms with E-state index in [1.54, 1.807) is 0 Å². The van der Waals surface area contributed by atoms with Gasteiger partial charge in [0.05, 0.1) is 6.54 Å². The molecule has 0 aromatic rings. The van der Waals surface area contributed by atoms with Crippen molar-refractivity contribution < 1.29 is 9.59 Å². The van der Waals surface area contributed by atoms with Crippen molar-refractivity contribution in [2.24, 2.45) is 5.41 Å². The summed E-state index contributed by atoms with van der Waals surface area (Å²) >= 11 is 0. The van der Waals surface area contributed by atoms with E-state index in [2.05, 4.69) is 16.0 Å². The molecule has 0 bridgehead atoms. The summed E-state index contributed by atoms with van der Waals surface area (Å²) in [6.07, 6.45) is 8.25. The van der Waals surface area contributed by atoms with Crippen molar-refractivity contribution in [3.05, 3.63) is 0 Å². The average molecular weight is 348 g/mol. The van der Waals surface area contributed by atoms with Gasteiger partial charge in [-0.3, -0.25) is 9.59 Å². The number of carbonyl (C=O) groups excluding carboxylic acids is 2. The van der Waals surface area contributed by atoms with Crippen LogP contribution < -0.4 is 16.0 Å². The van der Waals surface area contributed by atoms with Crippen molar-refractivity contribution in [2.45, 2.75) is 71.8 Å². The van der Waals surface area contributed by atoms with E-state index in [0.717, 1.165) is 6.54 Å². The smallest absolute Gasteiger partial charge is 0.239 e. The fourth-order valence-electron chi connectivity index (χ4n) is 2.75. The van der Waals surface area contributed by atoms with E-state index >= 15 is 0 Å². The highest BCUT2D eigenvalue weighted by Gasteiger charge is 2.16. The summed E-state index contributed by atoms with van der Waals surface area (Å²) in [6.45, 7) is 7.50. The lowest BCUT2D eigenvalue weighted by molar-refractivity contribution is -0.127. The van der Waals surface area contributed by atoms with Gasteiger partial charge in [0.1, 0.15) is 0 Å². The summed E-state index contributed by atoms with van der Waals surface area (Å²) in [7, 11) is 0. The molecule has 1 rings (SSSR count). The third-order valence-electron chi connectivity index (χ3n) is 3.87.